The van der Waals surface area contributed by atoms with E-state index in [0.29, 0.717) is 0 Å². The molecule has 0 unspecified atom stereocenters. The van der Waals surface area contributed by atoms with Crippen molar-refractivity contribution < 1.29 is 4.79 Å². The fourth-order valence-electron chi connectivity index (χ4n) is 5.93. The molecule has 0 bridgehead atoms. The summed E-state index contributed by atoms with van der Waals surface area (Å²) in [5.74, 6) is 0.0259. The van der Waals surface area contributed by atoms with Gasteiger partial charge in [0.1, 0.15) is 0 Å². The van der Waals surface area contributed by atoms with Crippen LogP contribution in [0.1, 0.15) is 35.7 Å². The minimum Gasteiger partial charge on any atom is -0.340 e. The molecule has 0 N–H and O–H groups in total. The highest BCUT2D eigenvalue weighted by molar-refractivity contribution is 6.24. The third kappa shape index (κ3) is 3.44. The molecule has 0 aliphatic rings. The largest absolute Gasteiger partial charge is 0.340 e. The Hall–Kier alpha value is -4.43. The van der Waals surface area contributed by atoms with Crippen LogP contribution < -0.4 is 0 Å². The first-order chi connectivity index (χ1) is 18.2. The summed E-state index contributed by atoms with van der Waals surface area (Å²) >= 11 is 0. The van der Waals surface area contributed by atoms with Crippen LogP contribution in [-0.2, 0) is 6.54 Å². The zero-order chi connectivity index (χ0) is 24.9. The number of nitrogens with zero attached hydrogens (tertiary/aromatic N) is 1. The van der Waals surface area contributed by atoms with Crippen LogP contribution in [-0.4, -0.2) is 10.4 Å². The number of rotatable bonds is 6. The molecule has 0 saturated carbocycles. The molecule has 7 rings (SSSR count). The third-order valence-corrected chi connectivity index (χ3v) is 7.77. The topological polar surface area (TPSA) is 22.0 Å². The molecule has 1 aromatic heterocycles. The van der Waals surface area contributed by atoms with Crippen LogP contribution in [0.15, 0.2) is 103 Å². The van der Waals surface area contributed by atoms with Crippen molar-refractivity contribution in [1.29, 1.82) is 0 Å². The van der Waals surface area contributed by atoms with Crippen LogP contribution in [0.2, 0.25) is 0 Å². The summed E-state index contributed by atoms with van der Waals surface area (Å²) in [6.45, 7) is 3.21. The monoisotopic (exact) mass is 477 g/mol. The van der Waals surface area contributed by atoms with E-state index in [1.165, 1.54) is 48.7 Å². The van der Waals surface area contributed by atoms with Gasteiger partial charge >= 0.3 is 0 Å². The van der Waals surface area contributed by atoms with Crippen molar-refractivity contribution in [3.63, 3.8) is 0 Å². The lowest BCUT2D eigenvalue weighted by Crippen LogP contribution is -1.98. The van der Waals surface area contributed by atoms with Crippen LogP contribution in [0.4, 0.5) is 0 Å². The zero-order valence-corrected chi connectivity index (χ0v) is 20.9. The summed E-state index contributed by atoms with van der Waals surface area (Å²) in [4.78, 5) is 13.4. The van der Waals surface area contributed by atoms with E-state index in [-0.39, 0.29) is 5.78 Å². The quantitative estimate of drug-likeness (QED) is 0.133. The van der Waals surface area contributed by atoms with E-state index in [2.05, 4.69) is 102 Å². The third-order valence-electron chi connectivity index (χ3n) is 7.77. The summed E-state index contributed by atoms with van der Waals surface area (Å²) in [5, 5.41) is 9.83. The molecule has 6 aromatic carbocycles. The zero-order valence-electron chi connectivity index (χ0n) is 20.9. The second-order valence-electron chi connectivity index (χ2n) is 9.96. The van der Waals surface area contributed by atoms with E-state index in [1.807, 2.05) is 12.1 Å². The Labute approximate surface area is 215 Å². The van der Waals surface area contributed by atoms with Gasteiger partial charge in [-0.2, -0.15) is 0 Å². The second-order valence-corrected chi connectivity index (χ2v) is 9.96. The van der Waals surface area contributed by atoms with E-state index in [1.54, 1.807) is 6.08 Å². The van der Waals surface area contributed by atoms with E-state index in [4.69, 9.17) is 0 Å². The number of allylic oxidation sites excluding steroid dienone is 1. The predicted octanol–water partition coefficient (Wildman–Crippen LogP) is 9.39. The lowest BCUT2D eigenvalue weighted by molar-refractivity contribution is 0.104. The average molecular weight is 478 g/mol. The molecule has 2 heteroatoms. The molecule has 7 aromatic rings. The number of hydrogen-bond acceptors (Lipinski definition) is 1. The molecular formula is C35H27NO. The van der Waals surface area contributed by atoms with Gasteiger partial charge in [0, 0.05) is 33.9 Å². The summed E-state index contributed by atoms with van der Waals surface area (Å²) in [6.07, 6.45) is 5.99. The number of carbonyl (C=O) groups excluding carboxylic acids is 1. The van der Waals surface area contributed by atoms with Crippen LogP contribution in [0, 0.1) is 0 Å². The van der Waals surface area contributed by atoms with Crippen molar-refractivity contribution in [1.82, 2.24) is 4.57 Å². The second kappa shape index (κ2) is 8.60. The Bertz CT molecular complexity index is 1970. The summed E-state index contributed by atoms with van der Waals surface area (Å²) < 4.78 is 2.39. The molecule has 37 heavy (non-hydrogen) atoms. The molecule has 0 amide bonds. The van der Waals surface area contributed by atoms with Gasteiger partial charge < -0.3 is 4.57 Å². The van der Waals surface area contributed by atoms with Crippen molar-refractivity contribution in [2.45, 2.75) is 26.3 Å². The van der Waals surface area contributed by atoms with Gasteiger partial charge in [0.2, 0.25) is 0 Å². The van der Waals surface area contributed by atoms with Crippen molar-refractivity contribution in [3.8, 4) is 0 Å². The standard InChI is InChI=1S/C35H27NO/c1-2-3-21-36-31-10-5-4-9-29(31)30-22-27(16-19-32(30)36)33(37)20-17-23-11-12-26-14-13-24-7-6-8-25-15-18-28(23)35(26)34(24)25/h4-20,22H,2-3,21H2,1H3/b20-17+. The van der Waals surface area contributed by atoms with E-state index >= 15 is 0 Å². The van der Waals surface area contributed by atoms with Gasteiger partial charge in [-0.1, -0.05) is 92.2 Å². The lowest BCUT2D eigenvalue weighted by atomic mass is 9.92. The maximum absolute atomic E-state index is 13.4. The molecule has 2 nitrogen and oxygen atoms in total. The first-order valence-corrected chi connectivity index (χ1v) is 13.1. The Balaban J connectivity index is 1.30. The number of para-hydroxylation sites is 1. The predicted molar refractivity (Wildman–Crippen MR) is 158 cm³/mol. The summed E-state index contributed by atoms with van der Waals surface area (Å²) in [6, 6.07) is 34.2. The van der Waals surface area contributed by atoms with Crippen molar-refractivity contribution in [2.24, 2.45) is 0 Å². The van der Waals surface area contributed by atoms with Crippen molar-refractivity contribution in [3.05, 3.63) is 114 Å². The minimum absolute atomic E-state index is 0.0259. The number of fused-ring (bicyclic) bond motifs is 3. The molecule has 0 spiro atoms. The molecule has 0 saturated heterocycles. The van der Waals surface area contributed by atoms with E-state index in [9.17, 15) is 4.79 Å². The lowest BCUT2D eigenvalue weighted by Gasteiger charge is -2.12. The van der Waals surface area contributed by atoms with Crippen LogP contribution in [0.3, 0.4) is 0 Å². The summed E-state index contributed by atoms with van der Waals surface area (Å²) in [5.41, 5.74) is 4.22. The number of aryl methyl sites for hydroxylation is 1. The van der Waals surface area contributed by atoms with Crippen molar-refractivity contribution >= 4 is 66.0 Å². The maximum Gasteiger partial charge on any atom is 0.185 e. The first-order valence-electron chi connectivity index (χ1n) is 13.1. The number of carbonyl (C=O) groups is 1. The van der Waals surface area contributed by atoms with Crippen LogP contribution in [0.5, 0.6) is 0 Å². The highest BCUT2D eigenvalue weighted by Crippen LogP contribution is 2.36. The number of ketones is 1. The fraction of sp³-hybridized carbons (Fsp3) is 0.114. The Morgan fingerprint density at radius 3 is 2.27 bits per heavy atom. The molecule has 1 heterocycles. The molecule has 0 atom stereocenters. The van der Waals surface area contributed by atoms with Gasteiger partial charge in [-0.25, -0.2) is 0 Å². The van der Waals surface area contributed by atoms with Gasteiger partial charge in [0.15, 0.2) is 5.78 Å². The van der Waals surface area contributed by atoms with Gasteiger partial charge in [0.05, 0.1) is 0 Å². The number of benzene rings is 6. The normalized spacial score (nSPS) is 12.2. The van der Waals surface area contributed by atoms with Gasteiger partial charge in [-0.3, -0.25) is 4.79 Å². The SMILES string of the molecule is CCCCn1c2ccccc2c2cc(C(=O)/C=C/c3ccc4ccc5cccc6ccc3c4c56)ccc21. The highest BCUT2D eigenvalue weighted by atomic mass is 16.1. The first kappa shape index (κ1) is 21.8. The molecular weight excluding hydrogens is 450 g/mol. The number of aromatic nitrogens is 1. The van der Waals surface area contributed by atoms with E-state index < -0.39 is 0 Å². The Morgan fingerprint density at radius 1 is 0.703 bits per heavy atom. The molecule has 0 radical (unpaired) electrons. The highest BCUT2D eigenvalue weighted by Gasteiger charge is 2.13. The smallest absolute Gasteiger partial charge is 0.185 e. The minimum atomic E-state index is 0.0259. The molecule has 0 aliphatic heterocycles. The Kier molecular flexibility index (Phi) is 5.07. The maximum atomic E-state index is 13.4. The van der Waals surface area contributed by atoms with Crippen LogP contribution in [0.25, 0.3) is 60.2 Å². The molecule has 0 fully saturated rings. The van der Waals surface area contributed by atoms with Crippen LogP contribution >= 0.6 is 0 Å². The van der Waals surface area contributed by atoms with Gasteiger partial charge in [-0.15, -0.1) is 0 Å². The fourth-order valence-corrected chi connectivity index (χ4v) is 5.93. The summed E-state index contributed by atoms with van der Waals surface area (Å²) in [7, 11) is 0. The Morgan fingerprint density at radius 2 is 1.43 bits per heavy atom. The number of unbranched alkanes of at least 4 members (excludes halogenated alkanes) is 1. The average Bonchev–Trinajstić information content (AvgIpc) is 3.26. The van der Waals surface area contributed by atoms with Gasteiger partial charge in [0.25, 0.3) is 0 Å². The van der Waals surface area contributed by atoms with E-state index in [0.717, 1.165) is 35.9 Å². The molecule has 0 aliphatic carbocycles. The van der Waals surface area contributed by atoms with Crippen molar-refractivity contribution in [2.75, 3.05) is 0 Å². The molecule has 178 valence electrons. The number of hydrogen-bond donors (Lipinski definition) is 0. The van der Waals surface area contributed by atoms with Gasteiger partial charge in [-0.05, 0) is 74.6 Å².